The molecule has 0 spiro atoms. The molecule has 0 aromatic heterocycles. The molecule has 0 aliphatic rings. The number of rotatable bonds is 9. The minimum atomic E-state index is -0.468. The summed E-state index contributed by atoms with van der Waals surface area (Å²) in [6.45, 7) is 0. The summed E-state index contributed by atoms with van der Waals surface area (Å²) in [6.07, 6.45) is 1.62. The molecule has 0 atom stereocenters. The third kappa shape index (κ3) is 8.85. The second kappa shape index (κ2) is 13.8. The average Bonchev–Trinajstić information content (AvgIpc) is 2.95. The van der Waals surface area contributed by atoms with Gasteiger partial charge in [-0.05, 0) is 84.4 Å². The molecular weight excluding hydrogens is 598 g/mol. The van der Waals surface area contributed by atoms with E-state index in [1.54, 1.807) is 66.7 Å². The Morgan fingerprint density at radius 3 is 2.05 bits per heavy atom. The van der Waals surface area contributed by atoms with Crippen LogP contribution in [-0.4, -0.2) is 23.5 Å². The third-order valence-electron chi connectivity index (χ3n) is 5.32. The van der Waals surface area contributed by atoms with E-state index in [1.807, 2.05) is 42.5 Å². The molecule has 3 amide bonds. The first-order valence-electron chi connectivity index (χ1n) is 11.8. The van der Waals surface area contributed by atoms with Gasteiger partial charge in [0.25, 0.3) is 11.8 Å². The summed E-state index contributed by atoms with van der Waals surface area (Å²) >= 11 is 10.6. The number of halogens is 2. The summed E-state index contributed by atoms with van der Waals surface area (Å²) < 4.78 is 0.902. The van der Waals surface area contributed by atoms with Crippen molar-refractivity contribution in [1.29, 1.82) is 0 Å². The number of amides is 3. The van der Waals surface area contributed by atoms with Gasteiger partial charge in [-0.3, -0.25) is 14.4 Å². The second-order valence-electron chi connectivity index (χ2n) is 8.25. The fourth-order valence-electron chi connectivity index (χ4n) is 3.38. The Bertz CT molecular complexity index is 1480. The molecule has 4 rings (SSSR count). The summed E-state index contributed by atoms with van der Waals surface area (Å²) in [5.41, 5.74) is 2.51. The van der Waals surface area contributed by atoms with Crippen LogP contribution in [0.1, 0.15) is 15.9 Å². The zero-order valence-corrected chi connectivity index (χ0v) is 23.6. The molecule has 0 unspecified atom stereocenters. The van der Waals surface area contributed by atoms with E-state index in [1.165, 1.54) is 11.8 Å². The van der Waals surface area contributed by atoms with Crippen LogP contribution in [0.2, 0.25) is 5.02 Å². The van der Waals surface area contributed by atoms with Crippen LogP contribution in [0.15, 0.2) is 118 Å². The molecule has 9 heteroatoms. The van der Waals surface area contributed by atoms with Gasteiger partial charge in [-0.25, -0.2) is 0 Å². The molecule has 0 radical (unpaired) electrons. The number of benzene rings is 4. The third-order valence-corrected chi connectivity index (χ3v) is 7.11. The van der Waals surface area contributed by atoms with E-state index in [0.29, 0.717) is 22.0 Å². The van der Waals surface area contributed by atoms with Gasteiger partial charge in [0.05, 0.1) is 5.75 Å². The predicted molar refractivity (Wildman–Crippen MR) is 162 cm³/mol. The molecule has 0 bridgehead atoms. The molecule has 0 fully saturated rings. The maximum atomic E-state index is 13.2. The number of anilines is 2. The van der Waals surface area contributed by atoms with Crippen LogP contribution in [0.4, 0.5) is 11.4 Å². The van der Waals surface area contributed by atoms with Crippen LogP contribution < -0.4 is 16.0 Å². The minimum Gasteiger partial charge on any atom is -0.325 e. The Kier molecular flexibility index (Phi) is 9.97. The van der Waals surface area contributed by atoms with Gasteiger partial charge in [-0.1, -0.05) is 57.9 Å². The van der Waals surface area contributed by atoms with Crippen LogP contribution >= 0.6 is 39.3 Å². The SMILES string of the molecule is O=C(CSc1ccc(NC(=O)/C(=C/c2ccc(Br)cc2)NC(=O)c2ccccc2)cc1)Nc1ccc(Cl)cc1. The summed E-state index contributed by atoms with van der Waals surface area (Å²) in [5.74, 6) is -0.779. The zero-order chi connectivity index (χ0) is 27.6. The van der Waals surface area contributed by atoms with Crippen molar-refractivity contribution < 1.29 is 14.4 Å². The van der Waals surface area contributed by atoms with Gasteiger partial charge >= 0.3 is 0 Å². The molecule has 6 nitrogen and oxygen atoms in total. The summed E-state index contributed by atoms with van der Waals surface area (Å²) in [4.78, 5) is 39.1. The van der Waals surface area contributed by atoms with Crippen LogP contribution in [0.3, 0.4) is 0 Å². The molecule has 0 saturated heterocycles. The molecule has 0 aliphatic carbocycles. The molecule has 4 aromatic carbocycles. The first-order chi connectivity index (χ1) is 18.9. The Morgan fingerprint density at radius 2 is 1.38 bits per heavy atom. The first-order valence-corrected chi connectivity index (χ1v) is 13.9. The lowest BCUT2D eigenvalue weighted by molar-refractivity contribution is -0.114. The number of hydrogen-bond donors (Lipinski definition) is 3. The van der Waals surface area contributed by atoms with Crippen molar-refractivity contribution in [3.8, 4) is 0 Å². The van der Waals surface area contributed by atoms with Gasteiger partial charge in [0.15, 0.2) is 0 Å². The molecular formula is C30H23BrClN3O3S. The van der Waals surface area contributed by atoms with E-state index in [4.69, 9.17) is 11.6 Å². The molecule has 196 valence electrons. The van der Waals surface area contributed by atoms with Crippen molar-refractivity contribution in [3.05, 3.63) is 129 Å². The van der Waals surface area contributed by atoms with E-state index < -0.39 is 11.8 Å². The number of nitrogens with one attached hydrogen (secondary N) is 3. The largest absolute Gasteiger partial charge is 0.325 e. The van der Waals surface area contributed by atoms with E-state index in [2.05, 4.69) is 31.9 Å². The predicted octanol–water partition coefficient (Wildman–Crippen LogP) is 7.24. The number of thioether (sulfide) groups is 1. The topological polar surface area (TPSA) is 87.3 Å². The lowest BCUT2D eigenvalue weighted by Gasteiger charge is -2.12. The number of hydrogen-bond acceptors (Lipinski definition) is 4. The van der Waals surface area contributed by atoms with E-state index in [-0.39, 0.29) is 17.4 Å². The van der Waals surface area contributed by atoms with E-state index >= 15 is 0 Å². The summed E-state index contributed by atoms with van der Waals surface area (Å²) in [5, 5.41) is 8.98. The molecule has 0 heterocycles. The van der Waals surface area contributed by atoms with Crippen molar-refractivity contribution in [1.82, 2.24) is 5.32 Å². The molecule has 39 heavy (non-hydrogen) atoms. The highest BCUT2D eigenvalue weighted by Crippen LogP contribution is 2.22. The Morgan fingerprint density at radius 1 is 0.769 bits per heavy atom. The van der Waals surface area contributed by atoms with Crippen molar-refractivity contribution in [2.45, 2.75) is 4.90 Å². The highest BCUT2D eigenvalue weighted by Gasteiger charge is 2.15. The maximum Gasteiger partial charge on any atom is 0.272 e. The van der Waals surface area contributed by atoms with E-state index in [9.17, 15) is 14.4 Å². The zero-order valence-electron chi connectivity index (χ0n) is 20.5. The minimum absolute atomic E-state index is 0.100. The lowest BCUT2D eigenvalue weighted by Crippen LogP contribution is -2.30. The quantitative estimate of drug-likeness (QED) is 0.136. The molecule has 4 aromatic rings. The van der Waals surface area contributed by atoms with Crippen molar-refractivity contribution >= 4 is 74.5 Å². The van der Waals surface area contributed by atoms with Gasteiger partial charge in [-0.2, -0.15) is 0 Å². The lowest BCUT2D eigenvalue weighted by atomic mass is 10.1. The van der Waals surface area contributed by atoms with Gasteiger partial charge in [0, 0.05) is 31.3 Å². The second-order valence-corrected chi connectivity index (χ2v) is 10.7. The normalized spacial score (nSPS) is 11.0. The average molecular weight is 621 g/mol. The fourth-order valence-corrected chi connectivity index (χ4v) is 4.47. The van der Waals surface area contributed by atoms with Crippen molar-refractivity contribution in [2.24, 2.45) is 0 Å². The molecule has 3 N–H and O–H groups in total. The van der Waals surface area contributed by atoms with Crippen LogP contribution in [0.25, 0.3) is 6.08 Å². The maximum absolute atomic E-state index is 13.2. The number of carbonyl (C=O) groups excluding carboxylic acids is 3. The highest BCUT2D eigenvalue weighted by molar-refractivity contribution is 9.10. The highest BCUT2D eigenvalue weighted by atomic mass is 79.9. The van der Waals surface area contributed by atoms with Crippen LogP contribution in [0.5, 0.6) is 0 Å². The van der Waals surface area contributed by atoms with Gasteiger partial charge in [-0.15, -0.1) is 11.8 Å². The summed E-state index contributed by atoms with van der Waals surface area (Å²) in [7, 11) is 0. The van der Waals surface area contributed by atoms with E-state index in [0.717, 1.165) is 14.9 Å². The Balaban J connectivity index is 1.39. The van der Waals surface area contributed by atoms with Crippen LogP contribution in [-0.2, 0) is 9.59 Å². The number of carbonyl (C=O) groups is 3. The van der Waals surface area contributed by atoms with Gasteiger partial charge in [0.2, 0.25) is 5.91 Å². The summed E-state index contributed by atoms with van der Waals surface area (Å²) in [6, 6.07) is 30.1. The van der Waals surface area contributed by atoms with Crippen molar-refractivity contribution in [2.75, 3.05) is 16.4 Å². The van der Waals surface area contributed by atoms with Gasteiger partial charge < -0.3 is 16.0 Å². The molecule has 0 saturated carbocycles. The Labute approximate surface area is 244 Å². The van der Waals surface area contributed by atoms with Crippen molar-refractivity contribution in [3.63, 3.8) is 0 Å². The first kappa shape index (κ1) is 28.2. The molecule has 0 aliphatic heterocycles. The fraction of sp³-hybridized carbons (Fsp3) is 0.0333. The monoisotopic (exact) mass is 619 g/mol. The standard InChI is InChI=1S/C30H23BrClN3O3S/c31-22-8-6-20(7-9-22)18-27(35-29(37)21-4-2-1-3-5-21)30(38)34-25-14-16-26(17-15-25)39-19-28(36)33-24-12-10-23(32)11-13-24/h1-18H,19H2,(H,33,36)(H,34,38)(H,35,37)/b27-18-. The van der Waals surface area contributed by atoms with Gasteiger partial charge in [0.1, 0.15) is 5.70 Å². The Hall–Kier alpha value is -3.85. The van der Waals surface area contributed by atoms with Crippen LogP contribution in [0, 0.1) is 0 Å². The smallest absolute Gasteiger partial charge is 0.272 e.